The summed E-state index contributed by atoms with van der Waals surface area (Å²) in [4.78, 5) is 2.39. The molecule has 1 aliphatic rings. The van der Waals surface area contributed by atoms with E-state index in [4.69, 9.17) is 10.5 Å². The predicted molar refractivity (Wildman–Crippen MR) is 76.2 cm³/mol. The molecule has 0 bridgehead atoms. The van der Waals surface area contributed by atoms with Crippen LogP contribution >= 0.6 is 0 Å². The van der Waals surface area contributed by atoms with E-state index in [0.29, 0.717) is 0 Å². The number of hydrogen-bond acceptors (Lipinski definition) is 3. The molecule has 1 atom stereocenters. The van der Waals surface area contributed by atoms with Crippen molar-refractivity contribution in [3.63, 3.8) is 0 Å². The molecule has 2 N–H and O–H groups in total. The van der Waals surface area contributed by atoms with E-state index >= 15 is 0 Å². The highest BCUT2D eigenvalue weighted by Crippen LogP contribution is 2.21. The molecule has 1 aliphatic heterocycles. The first-order chi connectivity index (χ1) is 8.70. The number of ether oxygens (including phenoxy) is 1. The van der Waals surface area contributed by atoms with Crippen molar-refractivity contribution in [3.05, 3.63) is 29.3 Å². The van der Waals surface area contributed by atoms with E-state index in [0.717, 1.165) is 39.1 Å². The van der Waals surface area contributed by atoms with Crippen LogP contribution in [-0.2, 0) is 11.2 Å². The van der Waals surface area contributed by atoms with E-state index in [1.807, 2.05) is 0 Å². The lowest BCUT2D eigenvalue weighted by Gasteiger charge is -2.29. The highest BCUT2D eigenvalue weighted by atomic mass is 16.5. The molecule has 0 radical (unpaired) electrons. The lowest BCUT2D eigenvalue weighted by molar-refractivity contribution is 0.122. The molecule has 0 aliphatic carbocycles. The monoisotopic (exact) mass is 248 g/mol. The van der Waals surface area contributed by atoms with Crippen LogP contribution in [0.25, 0.3) is 0 Å². The van der Waals surface area contributed by atoms with Gasteiger partial charge < -0.3 is 15.4 Å². The molecule has 18 heavy (non-hydrogen) atoms. The Bertz CT molecular complexity index is 386. The number of rotatable bonds is 4. The normalized spacial score (nSPS) is 17.8. The summed E-state index contributed by atoms with van der Waals surface area (Å²) in [6.45, 7) is 7.98. The van der Waals surface area contributed by atoms with E-state index in [2.05, 4.69) is 36.9 Å². The maximum Gasteiger partial charge on any atom is 0.0642 e. The molecule has 1 unspecified atom stereocenters. The minimum atomic E-state index is 0.276. The van der Waals surface area contributed by atoms with Crippen molar-refractivity contribution in [2.24, 2.45) is 5.73 Å². The Kier molecular flexibility index (Phi) is 4.61. The number of nitrogens with two attached hydrogens (primary N) is 1. The highest BCUT2D eigenvalue weighted by Gasteiger charge is 2.12. The third-order valence-electron chi connectivity index (χ3n) is 3.71. The van der Waals surface area contributed by atoms with E-state index in [1.165, 1.54) is 16.8 Å². The zero-order valence-electron chi connectivity index (χ0n) is 11.5. The quantitative estimate of drug-likeness (QED) is 0.887. The minimum absolute atomic E-state index is 0.276. The van der Waals surface area contributed by atoms with Crippen molar-refractivity contribution in [1.82, 2.24) is 0 Å². The molecule has 1 aromatic rings. The fourth-order valence-corrected chi connectivity index (χ4v) is 2.35. The summed E-state index contributed by atoms with van der Waals surface area (Å²) in [6.07, 6.45) is 2.01. The zero-order valence-corrected chi connectivity index (χ0v) is 11.5. The SMILES string of the molecule is CCC(N)Cc1ccc(N2CCOCC2)cc1C. The predicted octanol–water partition coefficient (Wildman–Crippen LogP) is 2.11. The van der Waals surface area contributed by atoms with Gasteiger partial charge in [0.05, 0.1) is 13.2 Å². The number of nitrogens with zero attached hydrogens (tertiary/aromatic N) is 1. The third kappa shape index (κ3) is 3.24. The lowest BCUT2D eigenvalue weighted by Crippen LogP contribution is -2.36. The highest BCUT2D eigenvalue weighted by molar-refractivity contribution is 5.51. The number of hydrogen-bond donors (Lipinski definition) is 1. The zero-order chi connectivity index (χ0) is 13.0. The summed E-state index contributed by atoms with van der Waals surface area (Å²) in [7, 11) is 0. The van der Waals surface area contributed by atoms with Crippen LogP contribution in [0.3, 0.4) is 0 Å². The Morgan fingerprint density at radius 3 is 2.67 bits per heavy atom. The van der Waals surface area contributed by atoms with E-state index < -0.39 is 0 Å². The standard InChI is InChI=1S/C15H24N2O/c1-3-14(16)11-13-4-5-15(10-12(13)2)17-6-8-18-9-7-17/h4-5,10,14H,3,6-9,11,16H2,1-2H3. The molecule has 0 aromatic heterocycles. The van der Waals surface area contributed by atoms with Crippen molar-refractivity contribution in [1.29, 1.82) is 0 Å². The molecule has 0 spiro atoms. The van der Waals surface area contributed by atoms with Crippen LogP contribution in [0.2, 0.25) is 0 Å². The van der Waals surface area contributed by atoms with Gasteiger partial charge in [-0.3, -0.25) is 0 Å². The van der Waals surface area contributed by atoms with Crippen molar-refractivity contribution < 1.29 is 4.74 Å². The molecule has 2 rings (SSSR count). The van der Waals surface area contributed by atoms with Gasteiger partial charge in [-0.25, -0.2) is 0 Å². The number of aryl methyl sites for hydroxylation is 1. The maximum absolute atomic E-state index is 6.03. The van der Waals surface area contributed by atoms with Crippen LogP contribution in [0, 0.1) is 6.92 Å². The topological polar surface area (TPSA) is 38.5 Å². The molecule has 0 saturated carbocycles. The fraction of sp³-hybridized carbons (Fsp3) is 0.600. The fourth-order valence-electron chi connectivity index (χ4n) is 2.35. The average molecular weight is 248 g/mol. The second-order valence-electron chi connectivity index (χ2n) is 5.08. The molecule has 0 amide bonds. The van der Waals surface area contributed by atoms with Crippen LogP contribution < -0.4 is 10.6 Å². The Hall–Kier alpha value is -1.06. The van der Waals surface area contributed by atoms with Gasteiger partial charge >= 0.3 is 0 Å². The Labute approximate surface area is 110 Å². The first-order valence-corrected chi connectivity index (χ1v) is 6.88. The Morgan fingerprint density at radius 2 is 2.06 bits per heavy atom. The van der Waals surface area contributed by atoms with Gasteiger partial charge in [0.2, 0.25) is 0 Å². The van der Waals surface area contributed by atoms with Gasteiger partial charge in [0.1, 0.15) is 0 Å². The number of benzene rings is 1. The van der Waals surface area contributed by atoms with Gasteiger partial charge in [-0.15, -0.1) is 0 Å². The van der Waals surface area contributed by atoms with Crippen molar-refractivity contribution >= 4 is 5.69 Å². The summed E-state index contributed by atoms with van der Waals surface area (Å²) in [5.41, 5.74) is 10.1. The molecule has 3 heteroatoms. The second kappa shape index (κ2) is 6.21. The van der Waals surface area contributed by atoms with Gasteiger partial charge in [0.25, 0.3) is 0 Å². The summed E-state index contributed by atoms with van der Waals surface area (Å²) in [6, 6.07) is 7.01. The molecule has 100 valence electrons. The van der Waals surface area contributed by atoms with E-state index in [-0.39, 0.29) is 6.04 Å². The van der Waals surface area contributed by atoms with Crippen LogP contribution in [0.5, 0.6) is 0 Å². The second-order valence-corrected chi connectivity index (χ2v) is 5.08. The number of morpholine rings is 1. The van der Waals surface area contributed by atoms with Crippen molar-refractivity contribution in [3.8, 4) is 0 Å². The molecular weight excluding hydrogens is 224 g/mol. The molecule has 1 heterocycles. The number of anilines is 1. The Morgan fingerprint density at radius 1 is 1.33 bits per heavy atom. The summed E-state index contributed by atoms with van der Waals surface area (Å²) < 4.78 is 5.38. The van der Waals surface area contributed by atoms with E-state index in [9.17, 15) is 0 Å². The van der Waals surface area contributed by atoms with Gasteiger partial charge in [0.15, 0.2) is 0 Å². The first-order valence-electron chi connectivity index (χ1n) is 6.88. The average Bonchev–Trinajstić information content (AvgIpc) is 2.42. The first kappa shape index (κ1) is 13.4. The van der Waals surface area contributed by atoms with Gasteiger partial charge in [-0.05, 0) is 43.0 Å². The van der Waals surface area contributed by atoms with E-state index in [1.54, 1.807) is 0 Å². The van der Waals surface area contributed by atoms with Crippen LogP contribution in [-0.4, -0.2) is 32.3 Å². The van der Waals surface area contributed by atoms with Crippen LogP contribution in [0.1, 0.15) is 24.5 Å². The maximum atomic E-state index is 6.03. The summed E-state index contributed by atoms with van der Waals surface area (Å²) >= 11 is 0. The molecule has 1 saturated heterocycles. The molecule has 1 aromatic carbocycles. The minimum Gasteiger partial charge on any atom is -0.378 e. The third-order valence-corrected chi connectivity index (χ3v) is 3.71. The van der Waals surface area contributed by atoms with Crippen molar-refractivity contribution in [2.75, 3.05) is 31.2 Å². The van der Waals surface area contributed by atoms with Crippen LogP contribution in [0.15, 0.2) is 18.2 Å². The molecular formula is C15H24N2O. The summed E-state index contributed by atoms with van der Waals surface area (Å²) in [5.74, 6) is 0. The Balaban J connectivity index is 2.08. The molecule has 3 nitrogen and oxygen atoms in total. The lowest BCUT2D eigenvalue weighted by atomic mass is 9.99. The largest absolute Gasteiger partial charge is 0.378 e. The van der Waals surface area contributed by atoms with Gasteiger partial charge in [0, 0.05) is 24.8 Å². The van der Waals surface area contributed by atoms with Crippen molar-refractivity contribution in [2.45, 2.75) is 32.7 Å². The summed E-state index contributed by atoms with van der Waals surface area (Å²) in [5, 5.41) is 0. The van der Waals surface area contributed by atoms with Gasteiger partial charge in [-0.2, -0.15) is 0 Å². The molecule has 1 fully saturated rings. The van der Waals surface area contributed by atoms with Gasteiger partial charge in [-0.1, -0.05) is 13.0 Å². The van der Waals surface area contributed by atoms with Crippen LogP contribution in [0.4, 0.5) is 5.69 Å². The smallest absolute Gasteiger partial charge is 0.0642 e.